The summed E-state index contributed by atoms with van der Waals surface area (Å²) in [6, 6.07) is 2.90. The van der Waals surface area contributed by atoms with Crippen LogP contribution < -0.4 is 4.74 Å². The van der Waals surface area contributed by atoms with Crippen molar-refractivity contribution in [1.29, 1.82) is 0 Å². The highest BCUT2D eigenvalue weighted by molar-refractivity contribution is 5.83. The van der Waals surface area contributed by atoms with E-state index in [1.807, 2.05) is 0 Å². The molecular formula is C12H10F2N2O2. The molecule has 0 saturated heterocycles. The van der Waals surface area contributed by atoms with Gasteiger partial charge in [0.1, 0.15) is 12.1 Å². The molecule has 1 aromatic carbocycles. The lowest BCUT2D eigenvalue weighted by Gasteiger charge is -2.14. The summed E-state index contributed by atoms with van der Waals surface area (Å²) >= 11 is 0. The zero-order valence-electron chi connectivity index (χ0n) is 9.51. The van der Waals surface area contributed by atoms with Crippen LogP contribution in [0.2, 0.25) is 0 Å². The molecule has 0 N–H and O–H groups in total. The van der Waals surface area contributed by atoms with Gasteiger partial charge in [0.15, 0.2) is 17.7 Å². The van der Waals surface area contributed by atoms with E-state index < -0.39 is 23.6 Å². The summed E-state index contributed by atoms with van der Waals surface area (Å²) in [6.07, 6.45) is 3.33. The maximum Gasteiger partial charge on any atom is 0.272 e. The maximum absolute atomic E-state index is 13.3. The summed E-state index contributed by atoms with van der Waals surface area (Å²) < 4.78 is 32.4. The van der Waals surface area contributed by atoms with Gasteiger partial charge in [0, 0.05) is 18.5 Å². The van der Waals surface area contributed by atoms with Gasteiger partial charge in [0.05, 0.1) is 0 Å². The van der Waals surface area contributed by atoms with Crippen molar-refractivity contribution in [3.05, 3.63) is 48.6 Å². The molecule has 2 aromatic rings. The molecule has 1 unspecified atom stereocenters. The Bertz CT molecular complexity index is 555. The van der Waals surface area contributed by atoms with Gasteiger partial charge in [-0.1, -0.05) is 0 Å². The quantitative estimate of drug-likeness (QED) is 0.841. The molecule has 2 rings (SSSR count). The van der Waals surface area contributed by atoms with Crippen LogP contribution in [0.15, 0.2) is 36.9 Å². The molecule has 1 heterocycles. The zero-order chi connectivity index (χ0) is 13.1. The molecular weight excluding hydrogens is 242 g/mol. The lowest BCUT2D eigenvalue weighted by atomic mass is 10.3. The van der Waals surface area contributed by atoms with Crippen molar-refractivity contribution in [2.45, 2.75) is 13.0 Å². The summed E-state index contributed by atoms with van der Waals surface area (Å²) in [5, 5.41) is 0. The van der Waals surface area contributed by atoms with Gasteiger partial charge in [-0.25, -0.2) is 13.8 Å². The average Bonchev–Trinajstić information content (AvgIpc) is 2.85. The van der Waals surface area contributed by atoms with E-state index in [2.05, 4.69) is 4.98 Å². The first-order valence-corrected chi connectivity index (χ1v) is 5.22. The predicted octanol–water partition coefficient (Wildman–Crippen LogP) is 2.27. The van der Waals surface area contributed by atoms with Gasteiger partial charge in [-0.15, -0.1) is 0 Å². The van der Waals surface area contributed by atoms with Crippen LogP contribution in [0.4, 0.5) is 8.78 Å². The number of halogens is 2. The number of hydrogen-bond donors (Lipinski definition) is 0. The third kappa shape index (κ3) is 2.53. The summed E-state index contributed by atoms with van der Waals surface area (Å²) in [7, 11) is 0. The SMILES string of the molecule is CC(Oc1ccc(F)cc1F)C(=O)n1ccnc1. The first-order valence-electron chi connectivity index (χ1n) is 5.22. The van der Waals surface area contributed by atoms with Gasteiger partial charge in [0.2, 0.25) is 0 Å². The first kappa shape index (κ1) is 12.2. The van der Waals surface area contributed by atoms with Crippen molar-refractivity contribution >= 4 is 5.91 Å². The van der Waals surface area contributed by atoms with Crippen molar-refractivity contribution in [2.24, 2.45) is 0 Å². The number of hydrogen-bond acceptors (Lipinski definition) is 3. The van der Waals surface area contributed by atoms with Gasteiger partial charge in [-0.2, -0.15) is 0 Å². The standard InChI is InChI=1S/C12H10F2N2O2/c1-8(12(17)16-5-4-15-7-16)18-11-3-2-9(13)6-10(11)14/h2-8H,1H3. The highest BCUT2D eigenvalue weighted by Gasteiger charge is 2.18. The van der Waals surface area contributed by atoms with E-state index in [0.29, 0.717) is 6.07 Å². The fraction of sp³-hybridized carbons (Fsp3) is 0.167. The lowest BCUT2D eigenvalue weighted by molar-refractivity contribution is 0.0721. The second kappa shape index (κ2) is 4.95. The molecule has 0 fully saturated rings. The fourth-order valence-electron chi connectivity index (χ4n) is 1.41. The minimum atomic E-state index is -0.904. The molecule has 94 valence electrons. The Morgan fingerprint density at radius 2 is 2.22 bits per heavy atom. The highest BCUT2D eigenvalue weighted by atomic mass is 19.1. The Morgan fingerprint density at radius 1 is 1.44 bits per heavy atom. The summed E-state index contributed by atoms with van der Waals surface area (Å²) in [4.78, 5) is 15.5. The molecule has 4 nitrogen and oxygen atoms in total. The molecule has 0 radical (unpaired) electrons. The van der Waals surface area contributed by atoms with E-state index >= 15 is 0 Å². The Labute approximate surface area is 102 Å². The fourth-order valence-corrected chi connectivity index (χ4v) is 1.41. The Kier molecular flexibility index (Phi) is 3.36. The van der Waals surface area contributed by atoms with E-state index in [9.17, 15) is 13.6 Å². The van der Waals surface area contributed by atoms with Crippen molar-refractivity contribution in [3.63, 3.8) is 0 Å². The van der Waals surface area contributed by atoms with Crippen LogP contribution in [0.1, 0.15) is 11.7 Å². The van der Waals surface area contributed by atoms with E-state index in [1.54, 1.807) is 0 Å². The van der Waals surface area contributed by atoms with Crippen LogP contribution in [-0.4, -0.2) is 21.6 Å². The molecule has 0 saturated carbocycles. The van der Waals surface area contributed by atoms with E-state index in [-0.39, 0.29) is 5.75 Å². The number of benzene rings is 1. The van der Waals surface area contributed by atoms with Gasteiger partial charge < -0.3 is 4.74 Å². The summed E-state index contributed by atoms with van der Waals surface area (Å²) in [6.45, 7) is 1.48. The van der Waals surface area contributed by atoms with Crippen LogP contribution in [0.5, 0.6) is 5.75 Å². The van der Waals surface area contributed by atoms with Crippen LogP contribution in [0, 0.1) is 11.6 Å². The van der Waals surface area contributed by atoms with E-state index in [4.69, 9.17) is 4.74 Å². The first-order chi connectivity index (χ1) is 8.58. The topological polar surface area (TPSA) is 44.1 Å². The molecule has 1 aromatic heterocycles. The molecule has 0 spiro atoms. The van der Waals surface area contributed by atoms with Crippen molar-refractivity contribution in [2.75, 3.05) is 0 Å². The average molecular weight is 252 g/mol. The number of nitrogens with zero attached hydrogens (tertiary/aromatic N) is 2. The van der Waals surface area contributed by atoms with Crippen LogP contribution >= 0.6 is 0 Å². The summed E-state index contributed by atoms with van der Waals surface area (Å²) in [5.41, 5.74) is 0. The number of carbonyl (C=O) groups is 1. The van der Waals surface area contributed by atoms with Crippen molar-refractivity contribution in [3.8, 4) is 5.75 Å². The Balaban J connectivity index is 2.11. The van der Waals surface area contributed by atoms with Crippen LogP contribution in [-0.2, 0) is 0 Å². The smallest absolute Gasteiger partial charge is 0.272 e. The van der Waals surface area contributed by atoms with Gasteiger partial charge in [-0.05, 0) is 19.1 Å². The number of aromatic nitrogens is 2. The molecule has 0 bridgehead atoms. The molecule has 0 amide bonds. The molecule has 0 aliphatic rings. The van der Waals surface area contributed by atoms with Crippen molar-refractivity contribution < 1.29 is 18.3 Å². The Hall–Kier alpha value is -2.24. The minimum absolute atomic E-state index is 0.169. The minimum Gasteiger partial charge on any atom is -0.478 e. The molecule has 1 atom stereocenters. The Morgan fingerprint density at radius 3 is 2.83 bits per heavy atom. The van der Waals surface area contributed by atoms with E-state index in [0.717, 1.165) is 12.1 Å². The number of ether oxygens (including phenoxy) is 1. The largest absolute Gasteiger partial charge is 0.478 e. The molecule has 6 heteroatoms. The molecule has 0 aliphatic carbocycles. The zero-order valence-corrected chi connectivity index (χ0v) is 9.51. The lowest BCUT2D eigenvalue weighted by Crippen LogP contribution is -2.28. The van der Waals surface area contributed by atoms with Gasteiger partial charge in [-0.3, -0.25) is 9.36 Å². The third-order valence-corrected chi connectivity index (χ3v) is 2.30. The third-order valence-electron chi connectivity index (χ3n) is 2.30. The second-order valence-electron chi connectivity index (χ2n) is 3.64. The van der Waals surface area contributed by atoms with Crippen LogP contribution in [0.3, 0.4) is 0 Å². The van der Waals surface area contributed by atoms with Crippen LogP contribution in [0.25, 0.3) is 0 Å². The number of rotatable bonds is 3. The molecule has 0 aliphatic heterocycles. The predicted molar refractivity (Wildman–Crippen MR) is 59.3 cm³/mol. The second-order valence-corrected chi connectivity index (χ2v) is 3.64. The normalized spacial score (nSPS) is 12.2. The number of imidazole rings is 1. The van der Waals surface area contributed by atoms with E-state index in [1.165, 1.54) is 30.2 Å². The number of carbonyl (C=O) groups excluding carboxylic acids is 1. The summed E-state index contributed by atoms with van der Waals surface area (Å²) in [5.74, 6) is -2.11. The van der Waals surface area contributed by atoms with Gasteiger partial charge >= 0.3 is 0 Å². The van der Waals surface area contributed by atoms with Gasteiger partial charge in [0.25, 0.3) is 5.91 Å². The van der Waals surface area contributed by atoms with Crippen molar-refractivity contribution in [1.82, 2.24) is 9.55 Å². The molecule has 18 heavy (non-hydrogen) atoms. The highest BCUT2D eigenvalue weighted by Crippen LogP contribution is 2.19. The monoisotopic (exact) mass is 252 g/mol. The maximum atomic E-state index is 13.3.